The minimum Gasteiger partial charge on any atom is -0.481 e. The lowest BCUT2D eigenvalue weighted by atomic mass is 9.99. The maximum Gasteiger partial charge on any atom is 0.314 e. The van der Waals surface area contributed by atoms with Gasteiger partial charge >= 0.3 is 5.97 Å². The van der Waals surface area contributed by atoms with Gasteiger partial charge in [-0.2, -0.15) is 0 Å². The van der Waals surface area contributed by atoms with Gasteiger partial charge in [-0.25, -0.2) is 0 Å². The Morgan fingerprint density at radius 1 is 1.38 bits per heavy atom. The quantitative estimate of drug-likeness (QED) is 0.581. The predicted octanol–water partition coefficient (Wildman–Crippen LogP) is -0.566. The van der Waals surface area contributed by atoms with Crippen molar-refractivity contribution in [2.24, 2.45) is 11.8 Å². The van der Waals surface area contributed by atoms with Gasteiger partial charge in [-0.3, -0.25) is 19.2 Å². The number of Topliss-reactive ketones (excluding diaryl/α,β-unsaturated/α-hetero) is 3. The van der Waals surface area contributed by atoms with Crippen LogP contribution in [0.5, 0.6) is 0 Å². The number of hydrogen-bond acceptors (Lipinski definition) is 4. The Balaban J connectivity index is 2.94. The zero-order valence-electron chi connectivity index (χ0n) is 6.94. The van der Waals surface area contributed by atoms with Crippen molar-refractivity contribution >= 4 is 23.3 Å². The fourth-order valence-corrected chi connectivity index (χ4v) is 1.42. The first-order chi connectivity index (χ1) is 5.95. The lowest BCUT2D eigenvalue weighted by Crippen LogP contribution is -2.26. The van der Waals surface area contributed by atoms with E-state index in [0.717, 1.165) is 6.92 Å². The minimum absolute atomic E-state index is 0.349. The molecule has 70 valence electrons. The average Bonchev–Trinajstić information content (AvgIpc) is 2.26. The molecule has 5 heteroatoms. The summed E-state index contributed by atoms with van der Waals surface area (Å²) < 4.78 is 0. The van der Waals surface area contributed by atoms with Crippen LogP contribution in [0.4, 0.5) is 0 Å². The van der Waals surface area contributed by atoms with Crippen molar-refractivity contribution in [2.75, 3.05) is 0 Å². The third kappa shape index (κ3) is 1.49. The second-order valence-corrected chi connectivity index (χ2v) is 3.01. The van der Waals surface area contributed by atoms with Crippen LogP contribution in [-0.2, 0) is 19.2 Å². The molecule has 1 aliphatic carbocycles. The van der Waals surface area contributed by atoms with E-state index in [2.05, 4.69) is 0 Å². The van der Waals surface area contributed by atoms with Crippen LogP contribution in [0.15, 0.2) is 0 Å². The smallest absolute Gasteiger partial charge is 0.314 e. The van der Waals surface area contributed by atoms with Crippen LogP contribution < -0.4 is 0 Å². The molecule has 0 bridgehead atoms. The first-order valence-electron chi connectivity index (χ1n) is 3.75. The molecule has 2 unspecified atom stereocenters. The molecule has 13 heavy (non-hydrogen) atoms. The largest absolute Gasteiger partial charge is 0.481 e. The van der Waals surface area contributed by atoms with Crippen molar-refractivity contribution in [3.8, 4) is 0 Å². The van der Waals surface area contributed by atoms with E-state index in [-0.39, 0.29) is 6.42 Å². The van der Waals surface area contributed by atoms with Crippen molar-refractivity contribution in [2.45, 2.75) is 13.3 Å². The van der Waals surface area contributed by atoms with E-state index in [4.69, 9.17) is 5.11 Å². The van der Waals surface area contributed by atoms with Crippen LogP contribution in [0.25, 0.3) is 0 Å². The Hall–Kier alpha value is -1.52. The number of carbonyl (C=O) groups excluding carboxylic acids is 3. The Morgan fingerprint density at radius 3 is 2.15 bits per heavy atom. The third-order valence-corrected chi connectivity index (χ3v) is 2.06. The minimum atomic E-state index is -1.33. The maximum atomic E-state index is 11.2. The highest BCUT2D eigenvalue weighted by atomic mass is 16.4. The molecule has 0 aromatic rings. The van der Waals surface area contributed by atoms with Gasteiger partial charge in [0, 0.05) is 6.42 Å². The van der Waals surface area contributed by atoms with E-state index in [1.807, 2.05) is 0 Å². The summed E-state index contributed by atoms with van der Waals surface area (Å²) in [6.45, 7) is 1.12. The summed E-state index contributed by atoms with van der Waals surface area (Å²) in [6.07, 6.45) is -0.349. The number of ketones is 3. The number of aliphatic carboxylic acids is 1. The van der Waals surface area contributed by atoms with Gasteiger partial charge in [0.15, 0.2) is 11.6 Å². The molecule has 0 aromatic carbocycles. The standard InChI is InChI=1S/C8H8O5/c1-3(9)6-5(10)2-4(7(6)11)8(12)13/h4,6H,2H2,1H3,(H,12,13). The zero-order chi connectivity index (χ0) is 10.2. The fourth-order valence-electron chi connectivity index (χ4n) is 1.42. The molecular weight excluding hydrogens is 176 g/mol. The van der Waals surface area contributed by atoms with Crippen molar-refractivity contribution in [1.82, 2.24) is 0 Å². The topological polar surface area (TPSA) is 88.5 Å². The van der Waals surface area contributed by atoms with Crippen molar-refractivity contribution in [1.29, 1.82) is 0 Å². The molecule has 0 saturated heterocycles. The Morgan fingerprint density at radius 2 is 1.92 bits per heavy atom. The molecule has 2 atom stereocenters. The van der Waals surface area contributed by atoms with E-state index in [1.54, 1.807) is 0 Å². The van der Waals surface area contributed by atoms with Gasteiger partial charge in [-0.1, -0.05) is 0 Å². The predicted molar refractivity (Wildman–Crippen MR) is 39.9 cm³/mol. The van der Waals surface area contributed by atoms with Crippen molar-refractivity contribution < 1.29 is 24.3 Å². The van der Waals surface area contributed by atoms with Crippen LogP contribution >= 0.6 is 0 Å². The zero-order valence-corrected chi connectivity index (χ0v) is 6.94. The van der Waals surface area contributed by atoms with Gasteiger partial charge in [0.25, 0.3) is 0 Å². The molecule has 1 aliphatic rings. The number of carboxylic acid groups (broad SMARTS) is 1. The lowest BCUT2D eigenvalue weighted by Gasteiger charge is -2.01. The molecular formula is C8H8O5. The summed E-state index contributed by atoms with van der Waals surface area (Å²) in [5.41, 5.74) is 0. The Labute approximate surface area is 73.7 Å². The van der Waals surface area contributed by atoms with Crippen LogP contribution in [-0.4, -0.2) is 28.4 Å². The molecule has 1 saturated carbocycles. The van der Waals surface area contributed by atoms with Crippen LogP contribution in [0, 0.1) is 11.8 Å². The summed E-state index contributed by atoms with van der Waals surface area (Å²) in [7, 11) is 0. The molecule has 0 heterocycles. The first kappa shape index (κ1) is 9.57. The Bertz CT molecular complexity index is 304. The highest BCUT2D eigenvalue weighted by Crippen LogP contribution is 2.24. The van der Waals surface area contributed by atoms with Gasteiger partial charge in [-0.05, 0) is 6.92 Å². The number of rotatable bonds is 2. The molecule has 1 N–H and O–H groups in total. The van der Waals surface area contributed by atoms with Gasteiger partial charge < -0.3 is 5.11 Å². The number of carbonyl (C=O) groups is 4. The van der Waals surface area contributed by atoms with E-state index >= 15 is 0 Å². The fraction of sp³-hybridized carbons (Fsp3) is 0.500. The maximum absolute atomic E-state index is 11.2. The first-order valence-corrected chi connectivity index (χ1v) is 3.75. The lowest BCUT2D eigenvalue weighted by molar-refractivity contribution is -0.145. The molecule has 5 nitrogen and oxygen atoms in total. The molecule has 0 aromatic heterocycles. The number of carboxylic acids is 1. The summed E-state index contributed by atoms with van der Waals surface area (Å²) in [6, 6.07) is 0. The van der Waals surface area contributed by atoms with E-state index in [0.29, 0.717) is 0 Å². The van der Waals surface area contributed by atoms with Crippen LogP contribution in [0.2, 0.25) is 0 Å². The van der Waals surface area contributed by atoms with E-state index in [1.165, 1.54) is 0 Å². The van der Waals surface area contributed by atoms with Gasteiger partial charge in [-0.15, -0.1) is 0 Å². The van der Waals surface area contributed by atoms with Gasteiger partial charge in [0.05, 0.1) is 0 Å². The summed E-state index contributed by atoms with van der Waals surface area (Å²) in [4.78, 5) is 43.5. The second-order valence-electron chi connectivity index (χ2n) is 3.01. The third-order valence-electron chi connectivity index (χ3n) is 2.06. The van der Waals surface area contributed by atoms with Crippen molar-refractivity contribution in [3.63, 3.8) is 0 Å². The highest BCUT2D eigenvalue weighted by molar-refractivity contribution is 6.27. The van der Waals surface area contributed by atoms with Crippen molar-refractivity contribution in [3.05, 3.63) is 0 Å². The molecule has 1 rings (SSSR count). The molecule has 1 fully saturated rings. The molecule has 0 radical (unpaired) electrons. The van der Waals surface area contributed by atoms with E-state index < -0.39 is 35.2 Å². The van der Waals surface area contributed by atoms with Gasteiger partial charge in [0.1, 0.15) is 17.6 Å². The highest BCUT2D eigenvalue weighted by Gasteiger charge is 2.47. The summed E-state index contributed by atoms with van der Waals surface area (Å²) in [5, 5.41) is 8.52. The normalized spacial score (nSPS) is 27.8. The van der Waals surface area contributed by atoms with E-state index in [9.17, 15) is 19.2 Å². The second kappa shape index (κ2) is 3.08. The monoisotopic (exact) mass is 184 g/mol. The Kier molecular flexibility index (Phi) is 2.27. The number of hydrogen-bond donors (Lipinski definition) is 1. The van der Waals surface area contributed by atoms with Gasteiger partial charge in [0.2, 0.25) is 0 Å². The average molecular weight is 184 g/mol. The summed E-state index contributed by atoms with van der Waals surface area (Å²) in [5.74, 6) is -5.90. The van der Waals surface area contributed by atoms with Crippen LogP contribution in [0.1, 0.15) is 13.3 Å². The molecule has 0 aliphatic heterocycles. The molecule has 0 amide bonds. The van der Waals surface area contributed by atoms with Crippen LogP contribution in [0.3, 0.4) is 0 Å². The SMILES string of the molecule is CC(=O)C1C(=O)CC(C(=O)O)C1=O. The summed E-state index contributed by atoms with van der Waals surface area (Å²) >= 11 is 0. The molecule has 0 spiro atoms.